The summed E-state index contributed by atoms with van der Waals surface area (Å²) in [6.45, 7) is 6.46. The van der Waals surface area contributed by atoms with E-state index in [4.69, 9.17) is 20.0 Å². The molecule has 1 heterocycles. The maximum Gasteiger partial charge on any atom is 0.410 e. The largest absolute Gasteiger partial charge is 0.488 e. The molecule has 1 fully saturated rings. The van der Waals surface area contributed by atoms with E-state index >= 15 is 0 Å². The van der Waals surface area contributed by atoms with Gasteiger partial charge in [0.1, 0.15) is 41.0 Å². The first kappa shape index (κ1) is 21.0. The minimum Gasteiger partial charge on any atom is -0.488 e. The molecule has 0 aromatic heterocycles. The maximum absolute atomic E-state index is 13.6. The Morgan fingerprint density at radius 3 is 2.50 bits per heavy atom. The number of carbonyl (C=O) groups is 1. The van der Waals surface area contributed by atoms with Crippen molar-refractivity contribution >= 4 is 11.8 Å². The predicted octanol–water partition coefficient (Wildman–Crippen LogP) is 3.95. The van der Waals surface area contributed by atoms with E-state index in [1.165, 1.54) is 24.4 Å². The highest BCUT2D eigenvalue weighted by Gasteiger charge is 2.28. The van der Waals surface area contributed by atoms with Gasteiger partial charge in [0.2, 0.25) is 0 Å². The van der Waals surface area contributed by atoms with Crippen molar-refractivity contribution in [3.63, 3.8) is 0 Å². The van der Waals surface area contributed by atoms with Gasteiger partial charge in [-0.2, -0.15) is 10.5 Å². The zero-order valence-corrected chi connectivity index (χ0v) is 16.2. The fourth-order valence-electron chi connectivity index (χ4n) is 2.62. The van der Waals surface area contributed by atoms with Gasteiger partial charge in [0.25, 0.3) is 0 Å². The summed E-state index contributed by atoms with van der Waals surface area (Å²) in [7, 11) is 0. The molecule has 0 radical (unpaired) electrons. The molecule has 28 heavy (non-hydrogen) atoms. The van der Waals surface area contributed by atoms with E-state index < -0.39 is 11.4 Å². The highest BCUT2D eigenvalue weighted by Crippen LogP contribution is 2.29. The fraction of sp³-hybridized carbons (Fsp3) is 0.450. The van der Waals surface area contributed by atoms with Crippen LogP contribution in [0.3, 0.4) is 0 Å². The summed E-state index contributed by atoms with van der Waals surface area (Å²) in [4.78, 5) is 13.8. The first-order valence-corrected chi connectivity index (χ1v) is 8.93. The van der Waals surface area contributed by atoms with E-state index in [1.54, 1.807) is 17.0 Å². The van der Waals surface area contributed by atoms with Crippen LogP contribution in [0.25, 0.3) is 0 Å². The number of amides is 1. The lowest BCUT2D eigenvalue weighted by atomic mass is 10.1. The van der Waals surface area contributed by atoms with Crippen LogP contribution in [0.2, 0.25) is 0 Å². The molecule has 1 aliphatic heterocycles. The molecule has 0 saturated carbocycles. The lowest BCUT2D eigenvalue weighted by Gasteiger charge is -2.33. The Kier molecular flexibility index (Phi) is 6.84. The smallest absolute Gasteiger partial charge is 0.410 e. The maximum atomic E-state index is 13.6. The van der Waals surface area contributed by atoms with Crippen LogP contribution in [0.4, 0.5) is 14.9 Å². The van der Waals surface area contributed by atoms with Crippen LogP contribution in [0.5, 0.6) is 5.75 Å². The second-order valence-electron chi connectivity index (χ2n) is 7.35. The van der Waals surface area contributed by atoms with Crippen LogP contribution in [-0.4, -0.2) is 35.8 Å². The summed E-state index contributed by atoms with van der Waals surface area (Å²) in [6, 6.07) is 7.44. The van der Waals surface area contributed by atoms with Crippen molar-refractivity contribution in [2.24, 2.45) is 0 Å². The van der Waals surface area contributed by atoms with Gasteiger partial charge >= 0.3 is 6.09 Å². The van der Waals surface area contributed by atoms with Crippen molar-refractivity contribution in [3.05, 3.63) is 35.8 Å². The Morgan fingerprint density at radius 1 is 1.29 bits per heavy atom. The summed E-state index contributed by atoms with van der Waals surface area (Å²) in [5.74, 6) is -0.0675. The molecular formula is C20H23FN4O3. The fourth-order valence-corrected chi connectivity index (χ4v) is 2.62. The summed E-state index contributed by atoms with van der Waals surface area (Å²) in [5, 5.41) is 20.3. The summed E-state index contributed by atoms with van der Waals surface area (Å²) < 4.78 is 24.9. The Bertz CT molecular complexity index is 809. The molecule has 1 aromatic rings. The number of ether oxygens (including phenoxy) is 2. The van der Waals surface area contributed by atoms with E-state index in [0.29, 0.717) is 37.4 Å². The molecule has 0 aliphatic carbocycles. The second kappa shape index (κ2) is 9.09. The zero-order chi connectivity index (χ0) is 20.7. The SMILES string of the molecule is CC(C)(C)OC(=O)N1CCC(Oc2ccc(F)cc2NC=C(C#N)C#N)CC1. The predicted molar refractivity (Wildman–Crippen MR) is 101 cm³/mol. The average molecular weight is 386 g/mol. The van der Waals surface area contributed by atoms with Crippen LogP contribution in [0.1, 0.15) is 33.6 Å². The number of anilines is 1. The number of likely N-dealkylation sites (tertiary alicyclic amines) is 1. The summed E-state index contributed by atoms with van der Waals surface area (Å²) in [6.07, 6.45) is 1.91. The summed E-state index contributed by atoms with van der Waals surface area (Å²) >= 11 is 0. The normalized spacial score (nSPS) is 14.4. The molecule has 1 aromatic carbocycles. The monoisotopic (exact) mass is 386 g/mol. The van der Waals surface area contributed by atoms with Crippen LogP contribution in [-0.2, 0) is 4.74 Å². The number of hydrogen-bond donors (Lipinski definition) is 1. The highest BCUT2D eigenvalue weighted by atomic mass is 19.1. The number of halogens is 1. The number of nitrogens with one attached hydrogen (secondary N) is 1. The zero-order valence-electron chi connectivity index (χ0n) is 16.2. The average Bonchev–Trinajstić information content (AvgIpc) is 2.63. The topological polar surface area (TPSA) is 98.4 Å². The lowest BCUT2D eigenvalue weighted by molar-refractivity contribution is 0.0127. The van der Waals surface area contributed by atoms with E-state index in [9.17, 15) is 9.18 Å². The number of rotatable bonds is 4. The Hall–Kier alpha value is -3.26. The van der Waals surface area contributed by atoms with Gasteiger partial charge in [-0.3, -0.25) is 0 Å². The van der Waals surface area contributed by atoms with Crippen LogP contribution in [0, 0.1) is 28.5 Å². The Morgan fingerprint density at radius 2 is 1.93 bits per heavy atom. The molecule has 1 saturated heterocycles. The first-order chi connectivity index (χ1) is 13.2. The minimum absolute atomic E-state index is 0.138. The Labute approximate surface area is 163 Å². The van der Waals surface area contributed by atoms with E-state index in [1.807, 2.05) is 20.8 Å². The molecule has 8 heteroatoms. The summed E-state index contributed by atoms with van der Waals surface area (Å²) in [5.41, 5.74) is -0.364. The molecule has 1 N–H and O–H groups in total. The molecule has 1 amide bonds. The van der Waals surface area contributed by atoms with Crippen molar-refractivity contribution in [2.45, 2.75) is 45.3 Å². The molecule has 0 bridgehead atoms. The molecule has 2 rings (SSSR count). The quantitative estimate of drug-likeness (QED) is 0.787. The molecule has 148 valence electrons. The molecule has 0 unspecified atom stereocenters. The number of hydrogen-bond acceptors (Lipinski definition) is 6. The van der Waals surface area contributed by atoms with Gasteiger partial charge in [0.15, 0.2) is 0 Å². The lowest BCUT2D eigenvalue weighted by Crippen LogP contribution is -2.44. The van der Waals surface area contributed by atoms with Crippen molar-refractivity contribution in [1.82, 2.24) is 4.90 Å². The number of carbonyl (C=O) groups excluding carboxylic acids is 1. The van der Waals surface area contributed by atoms with Gasteiger partial charge in [0.05, 0.1) is 5.69 Å². The highest BCUT2D eigenvalue weighted by molar-refractivity contribution is 5.68. The molecule has 0 atom stereocenters. The number of benzene rings is 1. The Balaban J connectivity index is 2.00. The van der Waals surface area contributed by atoms with E-state index in [0.717, 1.165) is 0 Å². The van der Waals surface area contributed by atoms with Gasteiger partial charge in [-0.1, -0.05) is 0 Å². The third-order valence-corrected chi connectivity index (χ3v) is 3.94. The van der Waals surface area contributed by atoms with Gasteiger partial charge < -0.3 is 19.7 Å². The third kappa shape index (κ3) is 6.17. The van der Waals surface area contributed by atoms with E-state index in [2.05, 4.69) is 5.32 Å². The minimum atomic E-state index is -0.543. The van der Waals surface area contributed by atoms with Gasteiger partial charge in [-0.15, -0.1) is 0 Å². The van der Waals surface area contributed by atoms with Gasteiger partial charge in [-0.25, -0.2) is 9.18 Å². The van der Waals surface area contributed by atoms with Crippen molar-refractivity contribution < 1.29 is 18.7 Å². The van der Waals surface area contributed by atoms with E-state index in [-0.39, 0.29) is 17.8 Å². The number of nitriles is 2. The van der Waals surface area contributed by atoms with Crippen molar-refractivity contribution in [2.75, 3.05) is 18.4 Å². The third-order valence-electron chi connectivity index (χ3n) is 3.94. The van der Waals surface area contributed by atoms with Crippen LogP contribution < -0.4 is 10.1 Å². The molecule has 0 spiro atoms. The van der Waals surface area contributed by atoms with Crippen LogP contribution in [0.15, 0.2) is 30.0 Å². The standard InChI is InChI=1S/C20H23FN4O3/c1-20(2,3)28-19(26)25-8-6-16(7-9-25)27-18-5-4-15(21)10-17(18)24-13-14(11-22)12-23/h4-5,10,13,16,24H,6-9H2,1-3H3. The van der Waals surface area contributed by atoms with Crippen LogP contribution >= 0.6 is 0 Å². The van der Waals surface area contributed by atoms with Gasteiger partial charge in [0, 0.05) is 38.2 Å². The molecular weight excluding hydrogens is 363 g/mol. The van der Waals surface area contributed by atoms with Gasteiger partial charge in [-0.05, 0) is 32.9 Å². The second-order valence-corrected chi connectivity index (χ2v) is 7.35. The number of allylic oxidation sites excluding steroid dienone is 1. The molecule has 7 nitrogen and oxygen atoms in total. The number of nitrogens with zero attached hydrogens (tertiary/aromatic N) is 3. The first-order valence-electron chi connectivity index (χ1n) is 8.93. The van der Waals surface area contributed by atoms with Crippen molar-refractivity contribution in [1.29, 1.82) is 10.5 Å². The molecule has 1 aliphatic rings. The number of piperidine rings is 1. The van der Waals surface area contributed by atoms with Crippen molar-refractivity contribution in [3.8, 4) is 17.9 Å².